The van der Waals surface area contributed by atoms with Gasteiger partial charge >= 0.3 is 29.6 Å². The second kappa shape index (κ2) is 4.70. The number of rotatable bonds is 2. The third-order valence-electron chi connectivity index (χ3n) is 1.71. The van der Waals surface area contributed by atoms with Crippen molar-refractivity contribution in [1.29, 1.82) is 0 Å². The number of aliphatic hydroxyl groups is 1. The van der Waals surface area contributed by atoms with Crippen molar-refractivity contribution in [3.63, 3.8) is 0 Å². The summed E-state index contributed by atoms with van der Waals surface area (Å²) in [5.41, 5.74) is 0.128. The first kappa shape index (κ1) is 11.4. The molecular weight excluding hydrogens is 195 g/mol. The Morgan fingerprint density at radius 3 is 3.07 bits per heavy atom. The number of aromatic nitrogens is 4. The Hall–Kier alpha value is -0.690. The summed E-state index contributed by atoms with van der Waals surface area (Å²) in [6.07, 6.45) is 2.60. The van der Waals surface area contributed by atoms with Gasteiger partial charge in [-0.15, -0.1) is 0 Å². The Morgan fingerprint density at radius 1 is 1.57 bits per heavy atom. The van der Waals surface area contributed by atoms with Crippen LogP contribution in [0.15, 0.2) is 17.3 Å². The number of fused-ring (bicyclic) bond motifs is 1. The van der Waals surface area contributed by atoms with E-state index in [1.165, 1.54) is 17.2 Å². The van der Waals surface area contributed by atoms with Gasteiger partial charge in [0.05, 0.1) is 30.4 Å². The van der Waals surface area contributed by atoms with Gasteiger partial charge in [-0.05, 0) is 0 Å². The van der Waals surface area contributed by atoms with Gasteiger partial charge in [0.15, 0.2) is 5.56 Å². The second-order valence-corrected chi connectivity index (χ2v) is 2.51. The van der Waals surface area contributed by atoms with Crippen LogP contribution in [0.25, 0.3) is 11.0 Å². The molecule has 0 aliphatic carbocycles. The van der Waals surface area contributed by atoms with Crippen LogP contribution in [0.5, 0.6) is 0 Å². The zero-order valence-corrected chi connectivity index (χ0v) is 9.71. The maximum absolute atomic E-state index is 11.1. The molecule has 0 saturated heterocycles. The van der Waals surface area contributed by atoms with Crippen LogP contribution in [0.2, 0.25) is 0 Å². The van der Waals surface area contributed by atoms with Crippen molar-refractivity contribution in [2.45, 2.75) is 6.54 Å². The van der Waals surface area contributed by atoms with Crippen LogP contribution in [0.3, 0.4) is 0 Å². The monoisotopic (exact) mass is 202 g/mol. The minimum Gasteiger partial charge on any atom is -0.427 e. The summed E-state index contributed by atoms with van der Waals surface area (Å²) in [5.74, 6) is 0. The predicted molar refractivity (Wildman–Crippen MR) is 44.2 cm³/mol. The largest absolute Gasteiger partial charge is 1.00 e. The fraction of sp³-hybridized carbons (Fsp3) is 0.286. The smallest absolute Gasteiger partial charge is 0.427 e. The average Bonchev–Trinajstić information content (AvgIpc) is 2.51. The van der Waals surface area contributed by atoms with Crippen LogP contribution in [-0.2, 0) is 6.54 Å². The minimum absolute atomic E-state index is 0. The number of aliphatic hydroxyl groups excluding tert-OH is 1. The Morgan fingerprint density at radius 2 is 2.36 bits per heavy atom. The standard InChI is InChI=1S/C7H8N4O2.Na/c12-2-1-11-6-5(3-10-11)7(13)9-4-8-6;/h3-4,12H,1-2H2,(H,8,9,10,13);/q;+1/p-1. The third-order valence-corrected chi connectivity index (χ3v) is 1.71. The third kappa shape index (κ3) is 1.88. The van der Waals surface area contributed by atoms with E-state index in [4.69, 9.17) is 5.11 Å². The molecule has 0 unspecified atom stereocenters. The molecular formula is C7H7N4NaO2. The van der Waals surface area contributed by atoms with E-state index in [1.807, 2.05) is 0 Å². The van der Waals surface area contributed by atoms with Crippen LogP contribution in [-0.4, -0.2) is 26.5 Å². The molecule has 0 fully saturated rings. The molecule has 2 rings (SSSR count). The number of nitrogens with zero attached hydrogens (tertiary/aromatic N) is 4. The average molecular weight is 202 g/mol. The first-order valence-electron chi connectivity index (χ1n) is 3.77. The molecule has 0 aliphatic heterocycles. The topological polar surface area (TPSA) is 82.1 Å². The van der Waals surface area contributed by atoms with E-state index in [9.17, 15) is 4.79 Å². The quantitative estimate of drug-likeness (QED) is 0.499. The molecule has 2 heterocycles. The molecule has 0 spiro atoms. The maximum Gasteiger partial charge on any atom is 1.00 e. The molecule has 7 heteroatoms. The molecule has 68 valence electrons. The first-order valence-corrected chi connectivity index (χ1v) is 3.77. The van der Waals surface area contributed by atoms with E-state index < -0.39 is 0 Å². The van der Waals surface area contributed by atoms with Gasteiger partial charge in [-0.2, -0.15) is 5.10 Å². The fourth-order valence-electron chi connectivity index (χ4n) is 1.13. The molecule has 0 aromatic carbocycles. The summed E-state index contributed by atoms with van der Waals surface area (Å²) in [4.78, 5) is 18.5. The molecule has 0 bridgehead atoms. The molecule has 0 amide bonds. The predicted octanol–water partition coefficient (Wildman–Crippen LogP) is -4.25. The summed E-state index contributed by atoms with van der Waals surface area (Å²) in [5, 5.41) is 13.0. The molecule has 0 atom stereocenters. The van der Waals surface area contributed by atoms with Crippen molar-refractivity contribution < 1.29 is 34.7 Å². The van der Waals surface area contributed by atoms with E-state index >= 15 is 0 Å². The summed E-state index contributed by atoms with van der Waals surface area (Å²) in [6, 6.07) is 0. The van der Waals surface area contributed by atoms with E-state index in [2.05, 4.69) is 15.1 Å². The van der Waals surface area contributed by atoms with Gasteiger partial charge in [-0.3, -0.25) is 9.48 Å². The van der Waals surface area contributed by atoms with Crippen molar-refractivity contribution in [2.75, 3.05) is 6.61 Å². The van der Waals surface area contributed by atoms with Crippen LogP contribution in [0.1, 0.15) is 0 Å². The van der Waals surface area contributed by atoms with Crippen molar-refractivity contribution >= 4 is 11.0 Å². The van der Waals surface area contributed by atoms with Crippen molar-refractivity contribution in [3.8, 4) is 0 Å². The van der Waals surface area contributed by atoms with E-state index in [-0.39, 0.29) is 41.7 Å². The Kier molecular flexibility index (Phi) is 3.82. The van der Waals surface area contributed by atoms with E-state index in [1.54, 1.807) is 0 Å². The fourth-order valence-corrected chi connectivity index (χ4v) is 1.13. The van der Waals surface area contributed by atoms with Gasteiger partial charge in [0.2, 0.25) is 0 Å². The minimum atomic E-state index is -0.339. The Balaban J connectivity index is 0.000000980. The summed E-state index contributed by atoms with van der Waals surface area (Å²) >= 11 is 0. The van der Waals surface area contributed by atoms with Gasteiger partial charge in [-0.25, -0.2) is 0 Å². The van der Waals surface area contributed by atoms with Crippen LogP contribution in [0.4, 0.5) is 0 Å². The Bertz CT molecular complexity index is 478. The first-order chi connectivity index (χ1) is 6.33. The molecule has 2 aromatic rings. The van der Waals surface area contributed by atoms with Crippen LogP contribution < -0.4 is 40.1 Å². The molecule has 0 radical (unpaired) electrons. The van der Waals surface area contributed by atoms with Crippen molar-refractivity contribution in [1.82, 2.24) is 19.7 Å². The summed E-state index contributed by atoms with van der Waals surface area (Å²) in [6.45, 7) is 0.301. The van der Waals surface area contributed by atoms with E-state index in [0.717, 1.165) is 0 Å². The maximum atomic E-state index is 11.1. The SMILES string of the molecule is O=c1[n-]cnc2c1cnn2CCO.[Na+]. The van der Waals surface area contributed by atoms with Crippen molar-refractivity contribution in [2.24, 2.45) is 0 Å². The van der Waals surface area contributed by atoms with Crippen molar-refractivity contribution in [3.05, 3.63) is 22.9 Å². The molecule has 6 nitrogen and oxygen atoms in total. The van der Waals surface area contributed by atoms with Gasteiger partial charge in [0.25, 0.3) is 0 Å². The van der Waals surface area contributed by atoms with Gasteiger partial charge in [0, 0.05) is 0 Å². The summed E-state index contributed by atoms with van der Waals surface area (Å²) < 4.78 is 1.47. The molecule has 14 heavy (non-hydrogen) atoms. The molecule has 0 aliphatic rings. The normalized spacial score (nSPS) is 10.1. The molecule has 1 N–H and O–H groups in total. The van der Waals surface area contributed by atoms with Crippen LogP contribution >= 0.6 is 0 Å². The van der Waals surface area contributed by atoms with Gasteiger partial charge in [0.1, 0.15) is 0 Å². The molecule has 0 saturated carbocycles. The number of hydrogen-bond acceptors (Lipinski definition) is 4. The molecule has 2 aromatic heterocycles. The van der Waals surface area contributed by atoms with Gasteiger partial charge < -0.3 is 15.1 Å². The van der Waals surface area contributed by atoms with Crippen LogP contribution in [0, 0.1) is 0 Å². The zero-order chi connectivity index (χ0) is 9.26. The van der Waals surface area contributed by atoms with Gasteiger partial charge in [-0.1, -0.05) is 6.33 Å². The number of hydrogen-bond donors (Lipinski definition) is 1. The van der Waals surface area contributed by atoms with E-state index in [0.29, 0.717) is 17.6 Å². The second-order valence-electron chi connectivity index (χ2n) is 2.51. The zero-order valence-electron chi connectivity index (χ0n) is 7.71. The summed E-state index contributed by atoms with van der Waals surface area (Å²) in [7, 11) is 0. The Labute approximate surface area is 101 Å².